The van der Waals surface area contributed by atoms with Crippen molar-refractivity contribution < 1.29 is 0 Å². The maximum Gasteiger partial charge on any atom is 0.0795 e. The summed E-state index contributed by atoms with van der Waals surface area (Å²) in [5.41, 5.74) is 11.3. The lowest BCUT2D eigenvalue weighted by Gasteiger charge is -2.22. The van der Waals surface area contributed by atoms with E-state index in [0.717, 1.165) is 12.2 Å². The minimum atomic E-state index is 0.563. The molecule has 0 radical (unpaired) electrons. The molecule has 1 aromatic carbocycles. The number of hydrogen-bond acceptors (Lipinski definition) is 5. The first kappa shape index (κ1) is 13.4. The van der Waals surface area contributed by atoms with Crippen LogP contribution in [0, 0.1) is 0 Å². The van der Waals surface area contributed by atoms with E-state index < -0.39 is 0 Å². The Labute approximate surface area is 116 Å². The van der Waals surface area contributed by atoms with Crippen molar-refractivity contribution in [2.45, 2.75) is 18.0 Å². The van der Waals surface area contributed by atoms with Crippen LogP contribution in [0.1, 0.15) is 11.3 Å². The molecule has 0 aliphatic carbocycles. The van der Waals surface area contributed by atoms with Gasteiger partial charge in [0, 0.05) is 35.1 Å². The van der Waals surface area contributed by atoms with Crippen molar-refractivity contribution in [1.82, 2.24) is 4.98 Å². The molecule has 2 N–H and O–H groups in total. The van der Waals surface area contributed by atoms with Gasteiger partial charge in [-0.2, -0.15) is 0 Å². The first-order valence-electron chi connectivity index (χ1n) is 5.70. The highest BCUT2D eigenvalue weighted by molar-refractivity contribution is 7.98. The lowest BCUT2D eigenvalue weighted by molar-refractivity contribution is 0.873. The van der Waals surface area contributed by atoms with E-state index in [4.69, 9.17) is 5.73 Å². The highest BCUT2D eigenvalue weighted by Crippen LogP contribution is 2.29. The van der Waals surface area contributed by atoms with Crippen molar-refractivity contribution in [2.75, 3.05) is 18.2 Å². The largest absolute Gasteiger partial charge is 0.368 e. The molecular weight excluding hydrogens is 262 g/mol. The van der Waals surface area contributed by atoms with E-state index in [2.05, 4.69) is 46.8 Å². The molecule has 0 saturated carbocycles. The fourth-order valence-electron chi connectivity index (χ4n) is 1.95. The van der Waals surface area contributed by atoms with Crippen LogP contribution in [-0.2, 0) is 13.1 Å². The van der Waals surface area contributed by atoms with Crippen LogP contribution in [0.4, 0.5) is 5.69 Å². The molecule has 0 aliphatic heterocycles. The fraction of sp³-hybridized carbons (Fsp3) is 0.308. The van der Waals surface area contributed by atoms with Crippen LogP contribution in [0.5, 0.6) is 0 Å². The van der Waals surface area contributed by atoms with E-state index >= 15 is 0 Å². The quantitative estimate of drug-likeness (QED) is 0.855. The maximum absolute atomic E-state index is 5.88. The number of anilines is 1. The first-order valence-corrected chi connectivity index (χ1v) is 7.87. The molecule has 1 heterocycles. The number of nitrogens with two attached hydrogens (primary N) is 1. The topological polar surface area (TPSA) is 42.2 Å². The second kappa shape index (κ2) is 6.22. The summed E-state index contributed by atoms with van der Waals surface area (Å²) < 4.78 is 0. The average Bonchev–Trinajstić information content (AvgIpc) is 2.90. The van der Waals surface area contributed by atoms with Gasteiger partial charge in [0.2, 0.25) is 0 Å². The summed E-state index contributed by atoms with van der Waals surface area (Å²) in [7, 11) is 2.08. The van der Waals surface area contributed by atoms with Crippen LogP contribution in [0.25, 0.3) is 0 Å². The van der Waals surface area contributed by atoms with E-state index in [9.17, 15) is 0 Å². The standard InChI is InChI=1S/C13H17N3S2/c1-16(7-10-8-18-9-15-10)12-4-3-5-13(17-2)11(12)6-14/h3-5,8-9H,6-7,14H2,1-2H3. The van der Waals surface area contributed by atoms with E-state index in [-0.39, 0.29) is 0 Å². The molecule has 18 heavy (non-hydrogen) atoms. The van der Waals surface area contributed by atoms with Crippen molar-refractivity contribution in [2.24, 2.45) is 5.73 Å². The highest BCUT2D eigenvalue weighted by Gasteiger charge is 2.11. The molecule has 0 fully saturated rings. The van der Waals surface area contributed by atoms with Gasteiger partial charge in [-0.25, -0.2) is 4.98 Å². The Kier molecular flexibility index (Phi) is 4.63. The zero-order valence-corrected chi connectivity index (χ0v) is 12.2. The van der Waals surface area contributed by atoms with Crippen LogP contribution < -0.4 is 10.6 Å². The van der Waals surface area contributed by atoms with Gasteiger partial charge in [0.25, 0.3) is 0 Å². The first-order chi connectivity index (χ1) is 8.76. The van der Waals surface area contributed by atoms with E-state index in [1.807, 2.05) is 5.51 Å². The number of hydrogen-bond donors (Lipinski definition) is 1. The molecule has 2 rings (SSSR count). The molecule has 0 bridgehead atoms. The molecule has 2 aromatic rings. The van der Waals surface area contributed by atoms with Gasteiger partial charge in [-0.3, -0.25) is 0 Å². The zero-order valence-electron chi connectivity index (χ0n) is 10.6. The van der Waals surface area contributed by atoms with Crippen molar-refractivity contribution in [3.8, 4) is 0 Å². The summed E-state index contributed by atoms with van der Waals surface area (Å²) in [4.78, 5) is 7.78. The molecule has 96 valence electrons. The second-order valence-corrected chi connectivity index (χ2v) is 5.56. The van der Waals surface area contributed by atoms with E-state index in [1.54, 1.807) is 23.1 Å². The molecule has 5 heteroatoms. The van der Waals surface area contributed by atoms with Crippen LogP contribution in [0.3, 0.4) is 0 Å². The molecule has 0 amide bonds. The Morgan fingerprint density at radius 2 is 2.28 bits per heavy atom. The average molecular weight is 279 g/mol. The molecule has 0 aliphatic rings. The van der Waals surface area contributed by atoms with Gasteiger partial charge in [0.05, 0.1) is 17.7 Å². The van der Waals surface area contributed by atoms with Crippen LogP contribution in [-0.4, -0.2) is 18.3 Å². The summed E-state index contributed by atoms with van der Waals surface area (Å²) in [5.74, 6) is 0. The third-order valence-electron chi connectivity index (χ3n) is 2.83. The number of rotatable bonds is 5. The van der Waals surface area contributed by atoms with Crippen LogP contribution in [0.15, 0.2) is 34.0 Å². The molecule has 0 spiro atoms. The molecule has 3 nitrogen and oxygen atoms in total. The lowest BCUT2D eigenvalue weighted by Crippen LogP contribution is -2.19. The minimum Gasteiger partial charge on any atom is -0.368 e. The van der Waals surface area contributed by atoms with Gasteiger partial charge >= 0.3 is 0 Å². The molecule has 1 aromatic heterocycles. The normalized spacial score (nSPS) is 10.6. The van der Waals surface area contributed by atoms with Crippen molar-refractivity contribution in [3.05, 3.63) is 40.3 Å². The zero-order chi connectivity index (χ0) is 13.0. The predicted octanol–water partition coefficient (Wildman–Crippen LogP) is 2.96. The number of aromatic nitrogens is 1. The summed E-state index contributed by atoms with van der Waals surface area (Å²) in [5, 5.41) is 2.08. The van der Waals surface area contributed by atoms with Gasteiger partial charge in [-0.05, 0) is 18.4 Å². The van der Waals surface area contributed by atoms with Crippen LogP contribution in [0.2, 0.25) is 0 Å². The number of benzene rings is 1. The van der Waals surface area contributed by atoms with Gasteiger partial charge in [0.15, 0.2) is 0 Å². The Bertz CT molecular complexity index is 497. The smallest absolute Gasteiger partial charge is 0.0795 e. The van der Waals surface area contributed by atoms with Gasteiger partial charge in [0.1, 0.15) is 0 Å². The summed E-state index contributed by atoms with van der Waals surface area (Å²) in [6, 6.07) is 6.32. The summed E-state index contributed by atoms with van der Waals surface area (Å²) >= 11 is 3.37. The third kappa shape index (κ3) is 2.85. The van der Waals surface area contributed by atoms with Crippen molar-refractivity contribution in [3.63, 3.8) is 0 Å². The maximum atomic E-state index is 5.88. The van der Waals surface area contributed by atoms with E-state index in [0.29, 0.717) is 6.54 Å². The predicted molar refractivity (Wildman–Crippen MR) is 80.3 cm³/mol. The molecule has 0 saturated heterocycles. The lowest BCUT2D eigenvalue weighted by atomic mass is 10.1. The minimum absolute atomic E-state index is 0.563. The Balaban J connectivity index is 2.26. The number of thiazole rings is 1. The molecule has 0 atom stereocenters. The second-order valence-electron chi connectivity index (χ2n) is 4.00. The number of thioether (sulfide) groups is 1. The summed E-state index contributed by atoms with van der Waals surface area (Å²) in [6.45, 7) is 1.38. The van der Waals surface area contributed by atoms with Crippen molar-refractivity contribution >= 4 is 28.8 Å². The van der Waals surface area contributed by atoms with Crippen molar-refractivity contribution in [1.29, 1.82) is 0 Å². The van der Waals surface area contributed by atoms with E-state index in [1.165, 1.54) is 16.1 Å². The summed E-state index contributed by atoms with van der Waals surface area (Å²) in [6.07, 6.45) is 2.08. The van der Waals surface area contributed by atoms with Gasteiger partial charge in [-0.1, -0.05) is 6.07 Å². The molecule has 0 unspecified atom stereocenters. The monoisotopic (exact) mass is 279 g/mol. The Morgan fingerprint density at radius 1 is 1.44 bits per heavy atom. The highest BCUT2D eigenvalue weighted by atomic mass is 32.2. The Morgan fingerprint density at radius 3 is 2.89 bits per heavy atom. The SMILES string of the molecule is CSc1cccc(N(C)Cc2cscn2)c1CN. The van der Waals surface area contributed by atoms with Crippen LogP contribution >= 0.6 is 23.1 Å². The van der Waals surface area contributed by atoms with Gasteiger partial charge < -0.3 is 10.6 Å². The third-order valence-corrected chi connectivity index (χ3v) is 4.28. The fourth-order valence-corrected chi connectivity index (χ4v) is 3.15. The van der Waals surface area contributed by atoms with Gasteiger partial charge in [-0.15, -0.1) is 23.1 Å². The molecular formula is C13H17N3S2. The number of nitrogens with zero attached hydrogens (tertiary/aromatic N) is 2. The Hall–Kier alpha value is -1.04.